The van der Waals surface area contributed by atoms with E-state index in [1.54, 1.807) is 6.26 Å². The molecule has 16 heavy (non-hydrogen) atoms. The molecule has 1 N–H and O–H groups in total. The van der Waals surface area contributed by atoms with E-state index >= 15 is 0 Å². The van der Waals surface area contributed by atoms with E-state index in [0.29, 0.717) is 6.04 Å². The van der Waals surface area contributed by atoms with E-state index in [9.17, 15) is 4.21 Å². The molecule has 0 aromatic heterocycles. The summed E-state index contributed by atoms with van der Waals surface area (Å²) < 4.78 is 11.0. The molecule has 3 atom stereocenters. The minimum absolute atomic E-state index is 0.562. The minimum Gasteiger partial charge on any atom is -0.313 e. The molecule has 3 heteroatoms. The first kappa shape index (κ1) is 14.2. The Morgan fingerprint density at radius 3 is 2.44 bits per heavy atom. The van der Waals surface area contributed by atoms with Crippen LogP contribution in [-0.2, 0) is 10.8 Å². The Balaban J connectivity index is 2.23. The fraction of sp³-hybridized carbons (Fsp3) is 1.00. The molecule has 1 aliphatic rings. The molecule has 0 spiro atoms. The molecule has 0 aromatic carbocycles. The van der Waals surface area contributed by atoms with Gasteiger partial charge in [-0.05, 0) is 18.8 Å². The van der Waals surface area contributed by atoms with Gasteiger partial charge >= 0.3 is 0 Å². The first-order chi connectivity index (χ1) is 7.61. The molecule has 1 rings (SSSR count). The van der Waals surface area contributed by atoms with E-state index in [4.69, 9.17) is 0 Å². The minimum atomic E-state index is -0.662. The van der Waals surface area contributed by atoms with Gasteiger partial charge in [-0.15, -0.1) is 0 Å². The van der Waals surface area contributed by atoms with Gasteiger partial charge in [-0.25, -0.2) is 0 Å². The lowest BCUT2D eigenvalue weighted by molar-refractivity contribution is 0.221. The Kier molecular flexibility index (Phi) is 6.59. The lowest BCUT2D eigenvalue weighted by atomic mass is 9.78. The van der Waals surface area contributed by atoms with Gasteiger partial charge in [0.1, 0.15) is 0 Å². The normalized spacial score (nSPS) is 23.9. The summed E-state index contributed by atoms with van der Waals surface area (Å²) in [4.78, 5) is 0. The van der Waals surface area contributed by atoms with E-state index in [1.165, 1.54) is 32.1 Å². The molecule has 0 saturated heterocycles. The van der Waals surface area contributed by atoms with Crippen molar-refractivity contribution in [1.82, 2.24) is 5.32 Å². The first-order valence-corrected chi connectivity index (χ1v) is 8.37. The maximum absolute atomic E-state index is 11.0. The van der Waals surface area contributed by atoms with Gasteiger partial charge in [0, 0.05) is 35.4 Å². The fourth-order valence-corrected chi connectivity index (χ4v) is 3.09. The molecule has 3 unspecified atom stereocenters. The zero-order valence-corrected chi connectivity index (χ0v) is 11.8. The Morgan fingerprint density at radius 1 is 1.25 bits per heavy atom. The van der Waals surface area contributed by atoms with Gasteiger partial charge in [0.15, 0.2) is 0 Å². The molecule has 1 saturated carbocycles. The average Bonchev–Trinajstić information content (AvgIpc) is 2.28. The van der Waals surface area contributed by atoms with Crippen molar-refractivity contribution in [3.05, 3.63) is 0 Å². The van der Waals surface area contributed by atoms with Crippen LogP contribution in [-0.4, -0.2) is 28.8 Å². The summed E-state index contributed by atoms with van der Waals surface area (Å²) in [5.74, 6) is 2.44. The van der Waals surface area contributed by atoms with Gasteiger partial charge in [-0.2, -0.15) is 0 Å². The number of hydrogen-bond acceptors (Lipinski definition) is 2. The molecule has 0 aromatic rings. The van der Waals surface area contributed by atoms with Crippen molar-refractivity contribution in [2.75, 3.05) is 18.6 Å². The highest BCUT2D eigenvalue weighted by molar-refractivity contribution is 7.84. The quantitative estimate of drug-likeness (QED) is 0.779. The molecule has 2 nitrogen and oxygen atoms in total. The molecule has 0 radical (unpaired) electrons. The van der Waals surface area contributed by atoms with E-state index in [1.807, 2.05) is 0 Å². The largest absolute Gasteiger partial charge is 0.313 e. The van der Waals surface area contributed by atoms with E-state index in [2.05, 4.69) is 19.2 Å². The van der Waals surface area contributed by atoms with Crippen LogP contribution in [0.3, 0.4) is 0 Å². The molecule has 0 heterocycles. The molecule has 0 amide bonds. The highest BCUT2D eigenvalue weighted by Gasteiger charge is 2.23. The monoisotopic (exact) mass is 245 g/mol. The van der Waals surface area contributed by atoms with Gasteiger partial charge in [-0.1, -0.05) is 39.0 Å². The van der Waals surface area contributed by atoms with Crippen molar-refractivity contribution < 1.29 is 4.21 Å². The van der Waals surface area contributed by atoms with Crippen molar-refractivity contribution in [3.63, 3.8) is 0 Å². The number of rotatable bonds is 6. The first-order valence-electron chi connectivity index (χ1n) is 6.64. The molecular weight excluding hydrogens is 218 g/mol. The van der Waals surface area contributed by atoms with Crippen LogP contribution in [0, 0.1) is 11.8 Å². The Morgan fingerprint density at radius 2 is 1.88 bits per heavy atom. The maximum atomic E-state index is 11.0. The van der Waals surface area contributed by atoms with Crippen molar-refractivity contribution >= 4 is 10.8 Å². The standard InChI is InChI=1S/C13H27NOS/c1-11(13-7-5-4-6-8-13)12(2)14-9-10-16(3)15/h11-14H,4-10H2,1-3H3. The van der Waals surface area contributed by atoms with Crippen LogP contribution in [0.5, 0.6) is 0 Å². The second-order valence-electron chi connectivity index (χ2n) is 5.28. The van der Waals surface area contributed by atoms with Crippen molar-refractivity contribution in [2.45, 2.75) is 52.0 Å². The second-order valence-corrected chi connectivity index (χ2v) is 6.83. The van der Waals surface area contributed by atoms with E-state index < -0.39 is 10.8 Å². The smallest absolute Gasteiger partial charge is 0.0357 e. The third kappa shape index (κ3) is 4.96. The summed E-state index contributed by atoms with van der Waals surface area (Å²) in [6, 6.07) is 0.562. The van der Waals surface area contributed by atoms with E-state index in [-0.39, 0.29) is 0 Å². The molecular formula is C13H27NOS. The maximum Gasteiger partial charge on any atom is 0.0357 e. The lowest BCUT2D eigenvalue weighted by Gasteiger charge is -2.32. The summed E-state index contributed by atoms with van der Waals surface area (Å²) in [6.07, 6.45) is 8.86. The summed E-state index contributed by atoms with van der Waals surface area (Å²) in [5.41, 5.74) is 0. The zero-order valence-electron chi connectivity index (χ0n) is 11.0. The topological polar surface area (TPSA) is 29.1 Å². The van der Waals surface area contributed by atoms with Crippen LogP contribution in [0.2, 0.25) is 0 Å². The van der Waals surface area contributed by atoms with Crippen LogP contribution in [0.15, 0.2) is 0 Å². The van der Waals surface area contributed by atoms with Gasteiger partial charge in [-0.3, -0.25) is 4.21 Å². The van der Waals surface area contributed by atoms with Gasteiger partial charge in [0.2, 0.25) is 0 Å². The van der Waals surface area contributed by atoms with Crippen LogP contribution in [0.1, 0.15) is 46.0 Å². The third-order valence-electron chi connectivity index (χ3n) is 4.04. The molecule has 96 valence electrons. The summed E-state index contributed by atoms with van der Waals surface area (Å²) >= 11 is 0. The van der Waals surface area contributed by atoms with Gasteiger partial charge < -0.3 is 5.32 Å². The SMILES string of the molecule is CC(NCCS(C)=O)C(C)C1CCCCC1. The fourth-order valence-electron chi connectivity index (χ4n) is 2.68. The average molecular weight is 245 g/mol. The zero-order chi connectivity index (χ0) is 12.0. The molecule has 0 bridgehead atoms. The molecule has 0 aliphatic heterocycles. The Bertz CT molecular complexity index is 214. The van der Waals surface area contributed by atoms with Gasteiger partial charge in [0.05, 0.1) is 0 Å². The predicted molar refractivity (Wildman–Crippen MR) is 72.1 cm³/mol. The summed E-state index contributed by atoms with van der Waals surface area (Å²) in [5, 5.41) is 3.52. The van der Waals surface area contributed by atoms with Crippen molar-refractivity contribution in [2.24, 2.45) is 11.8 Å². The number of hydrogen-bond donors (Lipinski definition) is 1. The summed E-state index contributed by atoms with van der Waals surface area (Å²) in [7, 11) is -0.662. The molecule has 1 fully saturated rings. The highest BCUT2D eigenvalue weighted by atomic mass is 32.2. The van der Waals surface area contributed by atoms with Gasteiger partial charge in [0.25, 0.3) is 0 Å². The Labute approximate surface area is 103 Å². The van der Waals surface area contributed by atoms with Crippen LogP contribution >= 0.6 is 0 Å². The Hall–Kier alpha value is 0.110. The van der Waals surface area contributed by atoms with Crippen molar-refractivity contribution in [3.8, 4) is 0 Å². The second kappa shape index (κ2) is 7.44. The van der Waals surface area contributed by atoms with E-state index in [0.717, 1.165) is 24.1 Å². The summed E-state index contributed by atoms with van der Waals surface area (Å²) in [6.45, 7) is 5.54. The van der Waals surface area contributed by atoms with Crippen LogP contribution in [0.4, 0.5) is 0 Å². The predicted octanol–water partition coefficient (Wildman–Crippen LogP) is 2.56. The van der Waals surface area contributed by atoms with Crippen LogP contribution in [0.25, 0.3) is 0 Å². The highest BCUT2D eigenvalue weighted by Crippen LogP contribution is 2.31. The number of nitrogens with one attached hydrogen (secondary N) is 1. The molecule has 1 aliphatic carbocycles. The lowest BCUT2D eigenvalue weighted by Crippen LogP contribution is -2.38. The van der Waals surface area contributed by atoms with Crippen LogP contribution < -0.4 is 5.32 Å². The van der Waals surface area contributed by atoms with Crippen molar-refractivity contribution in [1.29, 1.82) is 0 Å². The third-order valence-corrected chi connectivity index (χ3v) is 4.82.